The van der Waals surface area contributed by atoms with Crippen LogP contribution in [-0.2, 0) is 14.3 Å². The van der Waals surface area contributed by atoms with Crippen LogP contribution >= 0.6 is 0 Å². The number of carbonyl (C=O) groups excluding carboxylic acids is 1. The van der Waals surface area contributed by atoms with Gasteiger partial charge in [0.05, 0.1) is 25.4 Å². The minimum Gasteiger partial charge on any atom is -0.379 e. The Balaban J connectivity index is 1.63. The molecule has 0 bridgehead atoms. The van der Waals surface area contributed by atoms with Crippen LogP contribution in [0.15, 0.2) is 24.3 Å². The van der Waals surface area contributed by atoms with Gasteiger partial charge in [-0.15, -0.1) is 0 Å². The first-order valence-corrected chi connectivity index (χ1v) is 10.2. The summed E-state index contributed by atoms with van der Waals surface area (Å²) in [5.74, 6) is -0.327. The van der Waals surface area contributed by atoms with Gasteiger partial charge in [-0.3, -0.25) is 9.69 Å². The van der Waals surface area contributed by atoms with Gasteiger partial charge in [0.25, 0.3) is 0 Å². The molecule has 1 amide bonds. The molecule has 3 rings (SSSR count). The van der Waals surface area contributed by atoms with Gasteiger partial charge < -0.3 is 14.8 Å². The van der Waals surface area contributed by atoms with Crippen molar-refractivity contribution in [1.82, 2.24) is 10.2 Å². The molecule has 0 radical (unpaired) electrons. The molecule has 150 valence electrons. The maximum Gasteiger partial charge on any atom is 0.249 e. The van der Waals surface area contributed by atoms with E-state index in [4.69, 9.17) is 9.47 Å². The Bertz CT molecular complexity index is 601. The summed E-state index contributed by atoms with van der Waals surface area (Å²) in [6, 6.07) is 6.57. The van der Waals surface area contributed by atoms with Gasteiger partial charge in [-0.25, -0.2) is 4.39 Å². The van der Waals surface area contributed by atoms with Crippen molar-refractivity contribution in [2.75, 3.05) is 32.8 Å². The molecular formula is C21H31FN2O3. The highest BCUT2D eigenvalue weighted by molar-refractivity contribution is 5.80. The zero-order valence-corrected chi connectivity index (χ0v) is 16.2. The fourth-order valence-corrected chi connectivity index (χ4v) is 3.97. The summed E-state index contributed by atoms with van der Waals surface area (Å²) < 4.78 is 25.2. The fraction of sp³-hybridized carbons (Fsp3) is 0.667. The molecule has 1 aliphatic carbocycles. The second-order valence-corrected chi connectivity index (χ2v) is 7.40. The van der Waals surface area contributed by atoms with Gasteiger partial charge in [0.15, 0.2) is 0 Å². The van der Waals surface area contributed by atoms with E-state index < -0.39 is 6.10 Å². The highest BCUT2D eigenvalue weighted by atomic mass is 19.1. The van der Waals surface area contributed by atoms with Gasteiger partial charge >= 0.3 is 0 Å². The summed E-state index contributed by atoms with van der Waals surface area (Å²) in [5, 5.41) is 3.05. The molecule has 1 aromatic carbocycles. The Morgan fingerprint density at radius 2 is 2.07 bits per heavy atom. The molecule has 27 heavy (non-hydrogen) atoms. The lowest BCUT2D eigenvalue weighted by Crippen LogP contribution is -2.46. The number of nitrogens with zero attached hydrogens (tertiary/aromatic N) is 1. The maximum atomic E-state index is 13.8. The van der Waals surface area contributed by atoms with E-state index in [2.05, 4.69) is 10.2 Å². The summed E-state index contributed by atoms with van der Waals surface area (Å²) >= 11 is 0. The number of morpholine rings is 1. The first-order valence-electron chi connectivity index (χ1n) is 10.2. The topological polar surface area (TPSA) is 50.8 Å². The number of rotatable bonds is 8. The van der Waals surface area contributed by atoms with Crippen molar-refractivity contribution in [3.63, 3.8) is 0 Å². The molecule has 1 saturated carbocycles. The van der Waals surface area contributed by atoms with Crippen LogP contribution in [0.1, 0.15) is 50.6 Å². The van der Waals surface area contributed by atoms with Gasteiger partial charge in [-0.2, -0.15) is 0 Å². The van der Waals surface area contributed by atoms with Crippen LogP contribution in [0.4, 0.5) is 4.39 Å². The van der Waals surface area contributed by atoms with Crippen LogP contribution in [0.5, 0.6) is 0 Å². The lowest BCUT2D eigenvalue weighted by atomic mass is 10.0. The van der Waals surface area contributed by atoms with Crippen molar-refractivity contribution < 1.29 is 18.7 Å². The predicted octanol–water partition coefficient (Wildman–Crippen LogP) is 3.05. The Hall–Kier alpha value is -1.50. The van der Waals surface area contributed by atoms with E-state index in [1.807, 2.05) is 13.0 Å². The van der Waals surface area contributed by atoms with E-state index in [1.54, 1.807) is 12.1 Å². The van der Waals surface area contributed by atoms with Crippen LogP contribution in [0, 0.1) is 5.82 Å². The van der Waals surface area contributed by atoms with Gasteiger partial charge in [0.1, 0.15) is 11.9 Å². The minimum atomic E-state index is -0.411. The molecule has 1 heterocycles. The molecule has 1 saturated heterocycles. The number of hydrogen-bond donors (Lipinski definition) is 1. The zero-order chi connectivity index (χ0) is 19.1. The zero-order valence-electron chi connectivity index (χ0n) is 16.2. The van der Waals surface area contributed by atoms with E-state index in [0.717, 1.165) is 31.5 Å². The van der Waals surface area contributed by atoms with E-state index in [-0.39, 0.29) is 23.9 Å². The maximum absolute atomic E-state index is 13.8. The second-order valence-electron chi connectivity index (χ2n) is 7.40. The number of hydrogen-bond acceptors (Lipinski definition) is 4. The lowest BCUT2D eigenvalue weighted by Gasteiger charge is -2.35. The molecule has 2 fully saturated rings. The third kappa shape index (κ3) is 5.74. The number of ether oxygens (including phenoxy) is 2. The Morgan fingerprint density at radius 3 is 2.74 bits per heavy atom. The summed E-state index contributed by atoms with van der Waals surface area (Å²) in [6.07, 6.45) is 4.91. The normalized spacial score (nSPS) is 21.1. The Labute approximate surface area is 161 Å². The standard InChI is InChI=1S/C21H31FN2O3/c1-2-20(27-18-8-3-4-9-18)21(25)23-15-19(24-10-12-26-13-11-24)16-6-5-7-17(22)14-16/h5-7,14,18-20H,2-4,8-13,15H2,1H3,(H,23,25). The Morgan fingerprint density at radius 1 is 1.33 bits per heavy atom. The van der Waals surface area contributed by atoms with Gasteiger partial charge in [-0.1, -0.05) is 31.9 Å². The molecule has 1 aromatic rings. The van der Waals surface area contributed by atoms with E-state index in [1.165, 1.54) is 18.9 Å². The second kappa shape index (κ2) is 10.2. The van der Waals surface area contributed by atoms with Gasteiger partial charge in [0, 0.05) is 19.6 Å². The van der Waals surface area contributed by atoms with E-state index in [0.29, 0.717) is 26.2 Å². The van der Waals surface area contributed by atoms with Gasteiger partial charge in [-0.05, 0) is 37.0 Å². The largest absolute Gasteiger partial charge is 0.379 e. The monoisotopic (exact) mass is 378 g/mol. The van der Waals surface area contributed by atoms with Crippen molar-refractivity contribution >= 4 is 5.91 Å². The average molecular weight is 378 g/mol. The van der Waals surface area contributed by atoms with Crippen molar-refractivity contribution in [2.45, 2.75) is 57.3 Å². The molecule has 1 aliphatic heterocycles. The number of halogens is 1. The average Bonchev–Trinajstić information content (AvgIpc) is 3.20. The van der Waals surface area contributed by atoms with E-state index >= 15 is 0 Å². The van der Waals surface area contributed by atoms with Crippen LogP contribution < -0.4 is 5.32 Å². The highest BCUT2D eigenvalue weighted by Crippen LogP contribution is 2.24. The number of carbonyl (C=O) groups is 1. The number of amides is 1. The molecule has 0 spiro atoms. The SMILES string of the molecule is CCC(OC1CCCC1)C(=O)NCC(c1cccc(F)c1)N1CCOCC1. The first kappa shape index (κ1) is 20.2. The predicted molar refractivity (Wildman–Crippen MR) is 102 cm³/mol. The fourth-order valence-electron chi connectivity index (χ4n) is 3.97. The van der Waals surface area contributed by atoms with E-state index in [9.17, 15) is 9.18 Å². The molecular weight excluding hydrogens is 347 g/mol. The van der Waals surface area contributed by atoms with Crippen LogP contribution in [-0.4, -0.2) is 55.9 Å². The lowest BCUT2D eigenvalue weighted by molar-refractivity contribution is -0.137. The third-order valence-corrected chi connectivity index (χ3v) is 5.51. The number of nitrogens with one attached hydrogen (secondary N) is 1. The van der Waals surface area contributed by atoms with Crippen molar-refractivity contribution in [1.29, 1.82) is 0 Å². The molecule has 5 nitrogen and oxygen atoms in total. The van der Waals surface area contributed by atoms with Crippen molar-refractivity contribution in [3.8, 4) is 0 Å². The summed E-state index contributed by atoms with van der Waals surface area (Å²) in [4.78, 5) is 14.9. The summed E-state index contributed by atoms with van der Waals surface area (Å²) in [6.45, 7) is 5.27. The Kier molecular flexibility index (Phi) is 7.61. The minimum absolute atomic E-state index is 0.0703. The third-order valence-electron chi connectivity index (χ3n) is 5.51. The van der Waals surface area contributed by atoms with Gasteiger partial charge in [0.2, 0.25) is 5.91 Å². The first-order chi connectivity index (χ1) is 13.2. The van der Waals surface area contributed by atoms with Crippen LogP contribution in [0.2, 0.25) is 0 Å². The molecule has 1 N–H and O–H groups in total. The number of benzene rings is 1. The van der Waals surface area contributed by atoms with Crippen LogP contribution in [0.25, 0.3) is 0 Å². The molecule has 0 aromatic heterocycles. The van der Waals surface area contributed by atoms with Crippen LogP contribution in [0.3, 0.4) is 0 Å². The molecule has 6 heteroatoms. The summed E-state index contributed by atoms with van der Waals surface area (Å²) in [7, 11) is 0. The molecule has 2 atom stereocenters. The molecule has 2 unspecified atom stereocenters. The van der Waals surface area contributed by atoms with Crippen molar-refractivity contribution in [2.24, 2.45) is 0 Å². The smallest absolute Gasteiger partial charge is 0.249 e. The summed E-state index contributed by atoms with van der Waals surface area (Å²) in [5.41, 5.74) is 0.877. The molecule has 2 aliphatic rings. The quantitative estimate of drug-likeness (QED) is 0.755. The highest BCUT2D eigenvalue weighted by Gasteiger charge is 2.27. The van der Waals surface area contributed by atoms with Crippen molar-refractivity contribution in [3.05, 3.63) is 35.6 Å².